The summed E-state index contributed by atoms with van der Waals surface area (Å²) >= 11 is 0.679. The second-order valence-electron chi connectivity index (χ2n) is 5.28. The number of amides is 1. The standard InChI is InChI=1S/C11H14N3O10PS/c12-7(16)3-1-14(11(20)13-8(3)17)9-5(10(18)19)6(15)4(26-9)2-24-25(21,22)23/h1,4-6,9,15H,2H2,(H2,12,16)(H,18,19)(H,13,17,20)(H2,21,22,23). The van der Waals surface area contributed by atoms with Crippen LogP contribution in [-0.4, -0.2) is 59.4 Å². The maximum Gasteiger partial charge on any atom is 0.469 e. The number of phosphoric acid groups is 1. The van der Waals surface area contributed by atoms with Gasteiger partial charge in [0.05, 0.1) is 18.0 Å². The van der Waals surface area contributed by atoms with E-state index in [9.17, 15) is 34.0 Å². The first-order valence-electron chi connectivity index (χ1n) is 6.84. The summed E-state index contributed by atoms with van der Waals surface area (Å²) in [6, 6.07) is 0. The molecule has 1 aliphatic rings. The number of aliphatic hydroxyl groups is 1. The van der Waals surface area contributed by atoms with Crippen LogP contribution in [-0.2, 0) is 13.9 Å². The van der Waals surface area contributed by atoms with Crippen molar-refractivity contribution in [2.45, 2.75) is 16.7 Å². The molecule has 1 aromatic heterocycles. The Morgan fingerprint density at radius 2 is 2.00 bits per heavy atom. The summed E-state index contributed by atoms with van der Waals surface area (Å²) in [5.74, 6) is -4.25. The highest BCUT2D eigenvalue weighted by Gasteiger charge is 2.49. The second-order valence-corrected chi connectivity index (χ2v) is 7.88. The van der Waals surface area contributed by atoms with Gasteiger partial charge in [0.15, 0.2) is 0 Å². The normalized spacial score (nSPS) is 26.0. The van der Waals surface area contributed by atoms with Gasteiger partial charge in [0, 0.05) is 6.20 Å². The second kappa shape index (κ2) is 7.34. The first kappa shape index (κ1) is 20.4. The molecule has 1 amide bonds. The molecule has 0 radical (unpaired) electrons. The van der Waals surface area contributed by atoms with Gasteiger partial charge in [-0.2, -0.15) is 0 Å². The van der Waals surface area contributed by atoms with E-state index in [-0.39, 0.29) is 0 Å². The molecule has 2 rings (SSSR count). The van der Waals surface area contributed by atoms with Crippen molar-refractivity contribution in [3.05, 3.63) is 32.6 Å². The molecule has 1 saturated heterocycles. The number of H-pyrrole nitrogens is 1. The lowest BCUT2D eigenvalue weighted by Gasteiger charge is -2.19. The smallest absolute Gasteiger partial charge is 0.469 e. The lowest BCUT2D eigenvalue weighted by atomic mass is 10.00. The molecule has 0 spiro atoms. The molecule has 1 fully saturated rings. The molecular formula is C11H14N3O10PS. The zero-order valence-electron chi connectivity index (χ0n) is 12.7. The van der Waals surface area contributed by atoms with E-state index in [0.717, 1.165) is 6.20 Å². The van der Waals surface area contributed by atoms with Crippen molar-refractivity contribution < 1.29 is 38.7 Å². The maximum absolute atomic E-state index is 12.0. The summed E-state index contributed by atoms with van der Waals surface area (Å²) in [6.07, 6.45) is -0.860. The van der Waals surface area contributed by atoms with E-state index in [0.29, 0.717) is 16.3 Å². The summed E-state index contributed by atoms with van der Waals surface area (Å²) < 4.78 is 15.8. The summed E-state index contributed by atoms with van der Waals surface area (Å²) in [7, 11) is -4.87. The van der Waals surface area contributed by atoms with Crippen molar-refractivity contribution in [3.8, 4) is 0 Å². The minimum absolute atomic E-state index is 0.598. The Balaban J connectivity index is 2.44. The van der Waals surface area contributed by atoms with Gasteiger partial charge in [0.25, 0.3) is 11.5 Å². The summed E-state index contributed by atoms with van der Waals surface area (Å²) in [5.41, 5.74) is 2.32. The van der Waals surface area contributed by atoms with Gasteiger partial charge in [0.1, 0.15) is 16.9 Å². The van der Waals surface area contributed by atoms with Crippen LogP contribution in [0, 0.1) is 5.92 Å². The van der Waals surface area contributed by atoms with Gasteiger partial charge in [0.2, 0.25) is 0 Å². The number of thioether (sulfide) groups is 1. The van der Waals surface area contributed by atoms with E-state index in [1.54, 1.807) is 0 Å². The largest absolute Gasteiger partial charge is 0.481 e. The first-order valence-corrected chi connectivity index (χ1v) is 9.31. The number of nitrogens with zero attached hydrogens (tertiary/aromatic N) is 1. The van der Waals surface area contributed by atoms with E-state index in [1.807, 2.05) is 4.98 Å². The third-order valence-corrected chi connectivity index (χ3v) is 5.62. The van der Waals surface area contributed by atoms with E-state index in [4.69, 9.17) is 15.5 Å². The molecule has 144 valence electrons. The van der Waals surface area contributed by atoms with Crippen molar-refractivity contribution in [2.75, 3.05) is 6.61 Å². The number of hydrogen-bond acceptors (Lipinski definition) is 8. The molecule has 15 heteroatoms. The quantitative estimate of drug-likeness (QED) is 0.267. The monoisotopic (exact) mass is 411 g/mol. The molecule has 26 heavy (non-hydrogen) atoms. The lowest BCUT2D eigenvalue weighted by Crippen LogP contribution is -2.40. The topological polar surface area (TPSA) is 222 Å². The fourth-order valence-electron chi connectivity index (χ4n) is 2.41. The van der Waals surface area contributed by atoms with Crippen molar-refractivity contribution in [1.82, 2.24) is 9.55 Å². The summed E-state index contributed by atoms with van der Waals surface area (Å²) in [5, 5.41) is 17.1. The Labute approximate surface area is 148 Å². The van der Waals surface area contributed by atoms with Crippen LogP contribution in [0.25, 0.3) is 0 Å². The van der Waals surface area contributed by atoms with Crippen LogP contribution in [0.15, 0.2) is 15.8 Å². The van der Waals surface area contributed by atoms with Crippen LogP contribution >= 0.6 is 19.6 Å². The number of carbonyl (C=O) groups is 2. The zero-order valence-corrected chi connectivity index (χ0v) is 14.4. The molecule has 0 aliphatic carbocycles. The highest BCUT2D eigenvalue weighted by Crippen LogP contribution is 2.47. The molecule has 1 aliphatic heterocycles. The van der Waals surface area contributed by atoms with Gasteiger partial charge in [-0.1, -0.05) is 0 Å². The Hall–Kier alpha value is -1.96. The van der Waals surface area contributed by atoms with Crippen LogP contribution < -0.4 is 17.0 Å². The van der Waals surface area contributed by atoms with Gasteiger partial charge in [-0.25, -0.2) is 9.36 Å². The van der Waals surface area contributed by atoms with Gasteiger partial charge in [-0.05, 0) is 0 Å². The number of hydrogen-bond donors (Lipinski definition) is 6. The molecular weight excluding hydrogens is 397 g/mol. The first-order chi connectivity index (χ1) is 11.9. The molecule has 13 nitrogen and oxygen atoms in total. The fraction of sp³-hybridized carbons (Fsp3) is 0.455. The minimum atomic E-state index is -4.87. The molecule has 0 bridgehead atoms. The molecule has 2 heterocycles. The number of nitrogens with two attached hydrogens (primary N) is 1. The lowest BCUT2D eigenvalue weighted by molar-refractivity contribution is -0.146. The predicted molar refractivity (Wildman–Crippen MR) is 85.4 cm³/mol. The number of aliphatic hydroxyl groups excluding tert-OH is 1. The number of aliphatic carboxylic acids is 1. The highest BCUT2D eigenvalue weighted by molar-refractivity contribution is 8.00. The highest BCUT2D eigenvalue weighted by atomic mass is 32.2. The maximum atomic E-state index is 12.0. The molecule has 0 aromatic carbocycles. The van der Waals surface area contributed by atoms with Gasteiger partial charge < -0.3 is 25.7 Å². The average Bonchev–Trinajstić information content (AvgIpc) is 2.80. The Morgan fingerprint density at radius 3 is 2.50 bits per heavy atom. The van der Waals surface area contributed by atoms with Crippen molar-refractivity contribution in [3.63, 3.8) is 0 Å². The van der Waals surface area contributed by atoms with Crippen LogP contribution in [0.4, 0.5) is 0 Å². The fourth-order valence-corrected chi connectivity index (χ4v) is 4.43. The van der Waals surface area contributed by atoms with Gasteiger partial charge in [-0.3, -0.25) is 28.5 Å². The number of carbonyl (C=O) groups excluding carboxylic acids is 1. The number of nitrogens with one attached hydrogen (secondary N) is 1. The minimum Gasteiger partial charge on any atom is -0.481 e. The van der Waals surface area contributed by atoms with E-state index >= 15 is 0 Å². The number of carboxylic acids is 1. The van der Waals surface area contributed by atoms with Crippen molar-refractivity contribution in [1.29, 1.82) is 0 Å². The molecule has 7 N–H and O–H groups in total. The molecule has 4 unspecified atom stereocenters. The Kier molecular flexibility index (Phi) is 5.75. The third-order valence-electron chi connectivity index (χ3n) is 3.57. The van der Waals surface area contributed by atoms with Crippen LogP contribution in [0.2, 0.25) is 0 Å². The van der Waals surface area contributed by atoms with Crippen LogP contribution in [0.3, 0.4) is 0 Å². The van der Waals surface area contributed by atoms with Crippen LogP contribution in [0.5, 0.6) is 0 Å². The van der Waals surface area contributed by atoms with Crippen molar-refractivity contribution in [2.24, 2.45) is 11.7 Å². The third kappa shape index (κ3) is 4.23. The average molecular weight is 411 g/mol. The van der Waals surface area contributed by atoms with E-state index in [1.165, 1.54) is 0 Å². The summed E-state index contributed by atoms with van der Waals surface area (Å²) in [6.45, 7) is -0.697. The number of rotatable bonds is 6. The van der Waals surface area contributed by atoms with E-state index < -0.39 is 65.8 Å². The number of phosphoric ester groups is 1. The number of primary amides is 1. The Morgan fingerprint density at radius 1 is 1.38 bits per heavy atom. The van der Waals surface area contributed by atoms with E-state index in [2.05, 4.69) is 4.52 Å². The molecule has 4 atom stereocenters. The number of aromatic amines is 1. The SMILES string of the molecule is NC(=O)c1cn(C2SC(COP(=O)(O)O)C(O)C2C(=O)O)c(=O)[nH]c1=O. The molecule has 1 aromatic rings. The zero-order chi connectivity index (χ0) is 19.8. The number of carboxylic acid groups (broad SMARTS) is 1. The predicted octanol–water partition coefficient (Wildman–Crippen LogP) is -2.58. The number of aromatic nitrogens is 2. The van der Waals surface area contributed by atoms with Crippen molar-refractivity contribution >= 4 is 31.5 Å². The summed E-state index contributed by atoms with van der Waals surface area (Å²) in [4.78, 5) is 65.6. The van der Waals surface area contributed by atoms with Crippen LogP contribution in [0.1, 0.15) is 15.7 Å². The molecule has 0 saturated carbocycles. The Bertz CT molecular complexity index is 891. The van der Waals surface area contributed by atoms with Gasteiger partial charge >= 0.3 is 19.5 Å². The van der Waals surface area contributed by atoms with Gasteiger partial charge in [-0.15, -0.1) is 11.8 Å².